The molecule has 0 N–H and O–H groups in total. The summed E-state index contributed by atoms with van der Waals surface area (Å²) in [6.07, 6.45) is 1.60. The van der Waals surface area contributed by atoms with Crippen LogP contribution in [0.3, 0.4) is 0 Å². The summed E-state index contributed by atoms with van der Waals surface area (Å²) >= 11 is 0. The third kappa shape index (κ3) is 5.48. The van der Waals surface area contributed by atoms with E-state index in [4.69, 9.17) is 4.74 Å². The van der Waals surface area contributed by atoms with Crippen LogP contribution in [-0.4, -0.2) is 55.1 Å². The Morgan fingerprint density at radius 2 is 1.86 bits per heavy atom. The minimum atomic E-state index is 0.230. The Labute approximate surface area is 127 Å². The highest BCUT2D eigenvalue weighted by molar-refractivity contribution is 5.75. The first-order chi connectivity index (χ1) is 10.3. The van der Waals surface area contributed by atoms with Gasteiger partial charge in [-0.05, 0) is 12.0 Å². The van der Waals surface area contributed by atoms with Gasteiger partial charge in [-0.15, -0.1) is 0 Å². The van der Waals surface area contributed by atoms with Gasteiger partial charge >= 0.3 is 0 Å². The molecule has 21 heavy (non-hydrogen) atoms. The second-order valence-electron chi connectivity index (χ2n) is 5.46. The predicted molar refractivity (Wildman–Crippen MR) is 84.0 cm³/mol. The molecule has 1 aromatic carbocycles. The molecular weight excluding hydrogens is 264 g/mol. The molecule has 0 aliphatic carbocycles. The molecule has 2 rings (SSSR count). The fourth-order valence-corrected chi connectivity index (χ4v) is 2.65. The number of hydrogen-bond donors (Lipinski definition) is 0. The van der Waals surface area contributed by atoms with Gasteiger partial charge in [0.15, 0.2) is 0 Å². The van der Waals surface area contributed by atoms with Gasteiger partial charge in [0.05, 0.1) is 13.2 Å². The first-order valence-corrected chi connectivity index (χ1v) is 7.91. The van der Waals surface area contributed by atoms with Crippen LogP contribution in [0, 0.1) is 0 Å². The fourth-order valence-electron chi connectivity index (χ4n) is 2.65. The summed E-state index contributed by atoms with van der Waals surface area (Å²) in [6, 6.07) is 10.5. The summed E-state index contributed by atoms with van der Waals surface area (Å²) in [7, 11) is 0. The molecule has 0 saturated carbocycles. The third-order valence-corrected chi connectivity index (χ3v) is 3.86. The van der Waals surface area contributed by atoms with E-state index in [1.165, 1.54) is 5.56 Å². The number of carbonyl (C=O) groups is 1. The molecule has 1 aromatic rings. The third-order valence-electron chi connectivity index (χ3n) is 3.86. The number of hydrogen-bond acceptors (Lipinski definition) is 3. The van der Waals surface area contributed by atoms with Gasteiger partial charge in [-0.1, -0.05) is 37.3 Å². The molecule has 1 heterocycles. The van der Waals surface area contributed by atoms with E-state index in [0.29, 0.717) is 13.0 Å². The molecule has 1 aliphatic rings. The maximum absolute atomic E-state index is 11.9. The first-order valence-electron chi connectivity index (χ1n) is 7.91. The van der Waals surface area contributed by atoms with E-state index in [1.54, 1.807) is 0 Å². The van der Waals surface area contributed by atoms with Gasteiger partial charge in [0.2, 0.25) is 5.91 Å². The zero-order chi connectivity index (χ0) is 14.9. The van der Waals surface area contributed by atoms with Gasteiger partial charge in [-0.25, -0.2) is 0 Å². The first kappa shape index (κ1) is 16.0. The summed E-state index contributed by atoms with van der Waals surface area (Å²) in [5.41, 5.74) is 1.33. The Morgan fingerprint density at radius 3 is 2.62 bits per heavy atom. The molecule has 1 amide bonds. The number of amides is 1. The van der Waals surface area contributed by atoms with Crippen molar-refractivity contribution in [3.63, 3.8) is 0 Å². The molecule has 1 saturated heterocycles. The van der Waals surface area contributed by atoms with E-state index >= 15 is 0 Å². The molecule has 1 aliphatic heterocycles. The highest BCUT2D eigenvalue weighted by atomic mass is 16.5. The predicted octanol–water partition coefficient (Wildman–Crippen LogP) is 2.15. The van der Waals surface area contributed by atoms with Crippen molar-refractivity contribution in [2.75, 3.05) is 39.4 Å². The van der Waals surface area contributed by atoms with Crippen LogP contribution in [0.15, 0.2) is 30.3 Å². The SMILES string of the molecule is CCC(=O)N1CCCN(Cc2ccccc2)CCOCC1. The number of carbonyl (C=O) groups excluding carboxylic acids is 1. The molecule has 0 radical (unpaired) electrons. The largest absolute Gasteiger partial charge is 0.378 e. The summed E-state index contributed by atoms with van der Waals surface area (Å²) in [5.74, 6) is 0.230. The topological polar surface area (TPSA) is 32.8 Å². The lowest BCUT2D eigenvalue weighted by Crippen LogP contribution is -2.38. The van der Waals surface area contributed by atoms with Crippen molar-refractivity contribution < 1.29 is 9.53 Å². The summed E-state index contributed by atoms with van der Waals surface area (Å²) in [4.78, 5) is 16.2. The van der Waals surface area contributed by atoms with E-state index in [0.717, 1.165) is 45.8 Å². The van der Waals surface area contributed by atoms with Crippen LogP contribution in [0.1, 0.15) is 25.3 Å². The van der Waals surface area contributed by atoms with Crippen molar-refractivity contribution in [3.05, 3.63) is 35.9 Å². The smallest absolute Gasteiger partial charge is 0.222 e. The van der Waals surface area contributed by atoms with Crippen LogP contribution in [0.25, 0.3) is 0 Å². The van der Waals surface area contributed by atoms with Crippen LogP contribution < -0.4 is 0 Å². The van der Waals surface area contributed by atoms with Gasteiger partial charge < -0.3 is 9.64 Å². The molecule has 0 bridgehead atoms. The van der Waals surface area contributed by atoms with Crippen LogP contribution in [-0.2, 0) is 16.1 Å². The second-order valence-corrected chi connectivity index (χ2v) is 5.46. The van der Waals surface area contributed by atoms with Crippen LogP contribution >= 0.6 is 0 Å². The average Bonchev–Trinajstić information content (AvgIpc) is 2.53. The Bertz CT molecular complexity index is 422. The normalized spacial score (nSPS) is 18.4. The van der Waals surface area contributed by atoms with E-state index < -0.39 is 0 Å². The standard InChI is InChI=1S/C17H26N2O2/c1-2-17(20)19-10-6-9-18(11-13-21-14-12-19)15-16-7-4-3-5-8-16/h3-5,7-8H,2,6,9-15H2,1H3. The Hall–Kier alpha value is -1.39. The maximum Gasteiger partial charge on any atom is 0.222 e. The van der Waals surface area contributed by atoms with E-state index in [9.17, 15) is 4.79 Å². The van der Waals surface area contributed by atoms with Gasteiger partial charge in [-0.3, -0.25) is 9.69 Å². The molecule has 0 aromatic heterocycles. The molecule has 4 heteroatoms. The molecule has 0 atom stereocenters. The summed E-state index contributed by atoms with van der Waals surface area (Å²) in [6.45, 7) is 7.77. The zero-order valence-electron chi connectivity index (χ0n) is 13.0. The Morgan fingerprint density at radius 1 is 1.10 bits per heavy atom. The van der Waals surface area contributed by atoms with Gasteiger partial charge in [0, 0.05) is 39.1 Å². The summed E-state index contributed by atoms with van der Waals surface area (Å²) in [5, 5.41) is 0. The van der Waals surface area contributed by atoms with Crippen LogP contribution in [0.4, 0.5) is 0 Å². The number of rotatable bonds is 3. The minimum absolute atomic E-state index is 0.230. The summed E-state index contributed by atoms with van der Waals surface area (Å²) < 4.78 is 5.67. The maximum atomic E-state index is 11.9. The van der Waals surface area contributed by atoms with E-state index in [-0.39, 0.29) is 5.91 Å². The minimum Gasteiger partial charge on any atom is -0.378 e. The quantitative estimate of drug-likeness (QED) is 0.855. The van der Waals surface area contributed by atoms with E-state index in [1.807, 2.05) is 17.9 Å². The van der Waals surface area contributed by atoms with E-state index in [2.05, 4.69) is 29.2 Å². The van der Waals surface area contributed by atoms with Gasteiger partial charge in [0.25, 0.3) is 0 Å². The lowest BCUT2D eigenvalue weighted by Gasteiger charge is -2.28. The Kier molecular flexibility index (Phi) is 6.70. The number of ether oxygens (including phenoxy) is 1. The molecular formula is C17H26N2O2. The van der Waals surface area contributed by atoms with Crippen LogP contribution in [0.5, 0.6) is 0 Å². The lowest BCUT2D eigenvalue weighted by molar-refractivity contribution is -0.132. The van der Waals surface area contributed by atoms with Crippen molar-refractivity contribution in [3.8, 4) is 0 Å². The monoisotopic (exact) mass is 290 g/mol. The molecule has 0 unspecified atom stereocenters. The average molecular weight is 290 g/mol. The van der Waals surface area contributed by atoms with Crippen LogP contribution in [0.2, 0.25) is 0 Å². The van der Waals surface area contributed by atoms with Crippen molar-refractivity contribution in [1.82, 2.24) is 9.80 Å². The Balaban J connectivity index is 1.88. The fraction of sp³-hybridized carbons (Fsp3) is 0.588. The van der Waals surface area contributed by atoms with Crippen molar-refractivity contribution in [2.45, 2.75) is 26.3 Å². The second kappa shape index (κ2) is 8.80. The number of nitrogens with zero attached hydrogens (tertiary/aromatic N) is 2. The molecule has 116 valence electrons. The molecule has 0 spiro atoms. The molecule has 1 fully saturated rings. The highest BCUT2D eigenvalue weighted by Crippen LogP contribution is 2.07. The van der Waals surface area contributed by atoms with Gasteiger partial charge in [0.1, 0.15) is 0 Å². The van der Waals surface area contributed by atoms with Crippen molar-refractivity contribution in [1.29, 1.82) is 0 Å². The zero-order valence-corrected chi connectivity index (χ0v) is 13.0. The van der Waals surface area contributed by atoms with Crippen molar-refractivity contribution in [2.24, 2.45) is 0 Å². The van der Waals surface area contributed by atoms with Crippen molar-refractivity contribution >= 4 is 5.91 Å². The highest BCUT2D eigenvalue weighted by Gasteiger charge is 2.14. The van der Waals surface area contributed by atoms with Gasteiger partial charge in [-0.2, -0.15) is 0 Å². The molecule has 4 nitrogen and oxygen atoms in total. The number of benzene rings is 1. The lowest BCUT2D eigenvalue weighted by atomic mass is 10.2.